The van der Waals surface area contributed by atoms with Gasteiger partial charge in [0.25, 0.3) is 5.91 Å². The first-order chi connectivity index (χ1) is 9.20. The van der Waals surface area contributed by atoms with Gasteiger partial charge < -0.3 is 5.32 Å². The lowest BCUT2D eigenvalue weighted by Crippen LogP contribution is -2.34. The molecule has 1 aliphatic rings. The van der Waals surface area contributed by atoms with Gasteiger partial charge in [-0.25, -0.2) is 4.39 Å². The Labute approximate surface area is 110 Å². The monoisotopic (exact) mass is 256 g/mol. The molecule has 0 saturated heterocycles. The molecule has 4 heteroatoms. The smallest absolute Gasteiger partial charge is 0.253 e. The van der Waals surface area contributed by atoms with Crippen LogP contribution in [-0.2, 0) is 5.54 Å². The van der Waals surface area contributed by atoms with Gasteiger partial charge in [-0.05, 0) is 42.7 Å². The van der Waals surface area contributed by atoms with Gasteiger partial charge in [0.1, 0.15) is 5.82 Å². The van der Waals surface area contributed by atoms with E-state index in [1.807, 2.05) is 0 Å². The second kappa shape index (κ2) is 4.46. The maximum Gasteiger partial charge on any atom is 0.253 e. The summed E-state index contributed by atoms with van der Waals surface area (Å²) in [5.74, 6) is -0.409. The number of aromatic nitrogens is 1. The molecule has 0 radical (unpaired) electrons. The van der Waals surface area contributed by atoms with Crippen LogP contribution in [0, 0.1) is 5.82 Å². The first-order valence-electron chi connectivity index (χ1n) is 6.18. The number of benzene rings is 1. The number of nitrogens with zero attached hydrogens (tertiary/aromatic N) is 1. The van der Waals surface area contributed by atoms with Gasteiger partial charge in [-0.1, -0.05) is 12.1 Å². The Kier molecular flexibility index (Phi) is 2.78. The third-order valence-corrected chi connectivity index (χ3v) is 3.42. The van der Waals surface area contributed by atoms with Crippen molar-refractivity contribution in [2.75, 3.05) is 0 Å². The Hall–Kier alpha value is -2.23. The van der Waals surface area contributed by atoms with E-state index in [9.17, 15) is 9.18 Å². The van der Waals surface area contributed by atoms with Crippen LogP contribution in [0.15, 0.2) is 48.8 Å². The quantitative estimate of drug-likeness (QED) is 0.917. The Morgan fingerprint density at radius 2 is 1.95 bits per heavy atom. The van der Waals surface area contributed by atoms with E-state index in [0.717, 1.165) is 18.4 Å². The number of rotatable bonds is 3. The van der Waals surface area contributed by atoms with E-state index < -0.39 is 0 Å². The molecule has 1 N–H and O–H groups in total. The van der Waals surface area contributed by atoms with Crippen LogP contribution in [0.4, 0.5) is 4.39 Å². The third kappa shape index (κ3) is 2.34. The number of carbonyl (C=O) groups excluding carboxylic acids is 1. The molecule has 1 aliphatic carbocycles. The van der Waals surface area contributed by atoms with Gasteiger partial charge >= 0.3 is 0 Å². The van der Waals surface area contributed by atoms with Crippen molar-refractivity contribution in [3.05, 3.63) is 65.7 Å². The summed E-state index contributed by atoms with van der Waals surface area (Å²) in [7, 11) is 0. The molecule has 1 heterocycles. The average molecular weight is 256 g/mol. The Balaban J connectivity index is 1.79. The Morgan fingerprint density at radius 1 is 1.21 bits per heavy atom. The Bertz CT molecular complexity index is 591. The number of nitrogens with one attached hydrogen (secondary N) is 1. The van der Waals surface area contributed by atoms with Crippen molar-refractivity contribution in [3.8, 4) is 0 Å². The maximum atomic E-state index is 12.9. The largest absolute Gasteiger partial charge is 0.342 e. The molecule has 0 spiro atoms. The van der Waals surface area contributed by atoms with E-state index in [2.05, 4.69) is 10.3 Å². The fourth-order valence-corrected chi connectivity index (χ4v) is 2.17. The molecule has 0 aliphatic heterocycles. The summed E-state index contributed by atoms with van der Waals surface area (Å²) >= 11 is 0. The van der Waals surface area contributed by atoms with Gasteiger partial charge in [0.15, 0.2) is 0 Å². The number of amides is 1. The zero-order chi connectivity index (χ0) is 13.3. The topological polar surface area (TPSA) is 42.0 Å². The molecule has 1 aromatic heterocycles. The highest BCUT2D eigenvalue weighted by atomic mass is 19.1. The molecule has 96 valence electrons. The summed E-state index contributed by atoms with van der Waals surface area (Å²) in [4.78, 5) is 16.0. The molecule has 3 nitrogen and oxygen atoms in total. The minimum Gasteiger partial charge on any atom is -0.342 e. The highest BCUT2D eigenvalue weighted by molar-refractivity contribution is 5.94. The van der Waals surface area contributed by atoms with E-state index in [-0.39, 0.29) is 17.3 Å². The second-order valence-electron chi connectivity index (χ2n) is 4.78. The lowest BCUT2D eigenvalue weighted by molar-refractivity contribution is 0.0930. The average Bonchev–Trinajstić information content (AvgIpc) is 3.21. The fourth-order valence-electron chi connectivity index (χ4n) is 2.17. The molecule has 0 atom stereocenters. The summed E-state index contributed by atoms with van der Waals surface area (Å²) in [5, 5.41) is 3.02. The molecule has 0 unspecified atom stereocenters. The number of hydrogen-bond donors (Lipinski definition) is 1. The SMILES string of the molecule is O=C(NC1(c2ccc(F)cc2)CC1)c1cccnc1. The van der Waals surface area contributed by atoms with Crippen molar-refractivity contribution in [3.63, 3.8) is 0 Å². The molecule has 0 bridgehead atoms. The van der Waals surface area contributed by atoms with Gasteiger partial charge in [-0.3, -0.25) is 9.78 Å². The van der Waals surface area contributed by atoms with Crippen LogP contribution >= 0.6 is 0 Å². The van der Waals surface area contributed by atoms with Gasteiger partial charge in [0.2, 0.25) is 0 Å². The highest BCUT2D eigenvalue weighted by Gasteiger charge is 2.45. The van der Waals surface area contributed by atoms with Gasteiger partial charge in [-0.2, -0.15) is 0 Å². The lowest BCUT2D eigenvalue weighted by Gasteiger charge is -2.17. The second-order valence-corrected chi connectivity index (χ2v) is 4.78. The van der Waals surface area contributed by atoms with E-state index in [1.165, 1.54) is 18.3 Å². The molecule has 3 rings (SSSR count). The number of pyridine rings is 1. The fraction of sp³-hybridized carbons (Fsp3) is 0.200. The minimum atomic E-state index is -0.333. The van der Waals surface area contributed by atoms with Crippen molar-refractivity contribution < 1.29 is 9.18 Å². The number of halogens is 1. The van der Waals surface area contributed by atoms with Crippen LogP contribution in [0.1, 0.15) is 28.8 Å². The van der Waals surface area contributed by atoms with E-state index in [1.54, 1.807) is 30.5 Å². The summed E-state index contributed by atoms with van der Waals surface area (Å²) < 4.78 is 12.9. The molecule has 1 fully saturated rings. The van der Waals surface area contributed by atoms with Gasteiger partial charge in [-0.15, -0.1) is 0 Å². The van der Waals surface area contributed by atoms with Crippen LogP contribution in [0.3, 0.4) is 0 Å². The zero-order valence-electron chi connectivity index (χ0n) is 10.3. The van der Waals surface area contributed by atoms with E-state index in [0.29, 0.717) is 5.56 Å². The molecule has 1 saturated carbocycles. The van der Waals surface area contributed by atoms with Crippen molar-refractivity contribution in [1.29, 1.82) is 0 Å². The van der Waals surface area contributed by atoms with E-state index in [4.69, 9.17) is 0 Å². The third-order valence-electron chi connectivity index (χ3n) is 3.42. The van der Waals surface area contributed by atoms with Crippen LogP contribution in [0.2, 0.25) is 0 Å². The zero-order valence-corrected chi connectivity index (χ0v) is 10.3. The highest BCUT2D eigenvalue weighted by Crippen LogP contribution is 2.45. The molecular weight excluding hydrogens is 243 g/mol. The van der Waals surface area contributed by atoms with Crippen molar-refractivity contribution in [2.45, 2.75) is 18.4 Å². The van der Waals surface area contributed by atoms with Gasteiger partial charge in [0, 0.05) is 12.4 Å². The first kappa shape index (κ1) is 11.8. The molecule has 1 amide bonds. The van der Waals surface area contributed by atoms with Crippen molar-refractivity contribution in [2.24, 2.45) is 0 Å². The van der Waals surface area contributed by atoms with Crippen LogP contribution < -0.4 is 5.32 Å². The van der Waals surface area contributed by atoms with Gasteiger partial charge in [0.05, 0.1) is 11.1 Å². The summed E-state index contributed by atoms with van der Waals surface area (Å²) in [5.41, 5.74) is 1.16. The number of hydrogen-bond acceptors (Lipinski definition) is 2. The summed E-state index contributed by atoms with van der Waals surface area (Å²) in [6.45, 7) is 0. The minimum absolute atomic E-state index is 0.144. The molecule has 2 aromatic rings. The standard InChI is InChI=1S/C15H13FN2O/c16-13-5-3-12(4-6-13)15(7-8-15)18-14(19)11-2-1-9-17-10-11/h1-6,9-10H,7-8H2,(H,18,19). The molecular formula is C15H13FN2O. The van der Waals surface area contributed by atoms with E-state index >= 15 is 0 Å². The maximum absolute atomic E-state index is 12.9. The van der Waals surface area contributed by atoms with Crippen molar-refractivity contribution >= 4 is 5.91 Å². The predicted octanol–water partition coefficient (Wildman–Crippen LogP) is 2.64. The van der Waals surface area contributed by atoms with Crippen LogP contribution in [0.5, 0.6) is 0 Å². The predicted molar refractivity (Wildman–Crippen MR) is 69.0 cm³/mol. The Morgan fingerprint density at radius 3 is 2.53 bits per heavy atom. The van der Waals surface area contributed by atoms with Crippen LogP contribution in [-0.4, -0.2) is 10.9 Å². The first-order valence-corrected chi connectivity index (χ1v) is 6.18. The molecule has 19 heavy (non-hydrogen) atoms. The number of carbonyl (C=O) groups is 1. The molecule has 1 aromatic carbocycles. The van der Waals surface area contributed by atoms with Crippen molar-refractivity contribution in [1.82, 2.24) is 10.3 Å². The van der Waals surface area contributed by atoms with Crippen LogP contribution in [0.25, 0.3) is 0 Å². The summed E-state index contributed by atoms with van der Waals surface area (Å²) in [6.07, 6.45) is 4.93. The summed E-state index contributed by atoms with van der Waals surface area (Å²) in [6, 6.07) is 9.75. The normalized spacial score (nSPS) is 15.8. The lowest BCUT2D eigenvalue weighted by atomic mass is 10.0.